The lowest BCUT2D eigenvalue weighted by Gasteiger charge is -2.24. The van der Waals surface area contributed by atoms with E-state index in [1.165, 1.54) is 89.9 Å². The van der Waals surface area contributed by atoms with Gasteiger partial charge in [0.1, 0.15) is 13.2 Å². The lowest BCUT2D eigenvalue weighted by atomic mass is 10.0. The van der Waals surface area contributed by atoms with Crippen LogP contribution in [0.2, 0.25) is 0 Å². The molecule has 0 saturated carbocycles. The summed E-state index contributed by atoms with van der Waals surface area (Å²) < 4.78 is 28.3. The highest BCUT2D eigenvalue weighted by molar-refractivity contribution is 7.99. The SMILES string of the molecule is CCCCCCCCCCCCCCCCSC[C@@H](CCOP(=O)(O)OCC[N+](C)(C)C)OC. The molecule has 0 bridgehead atoms. The second-order valence-electron chi connectivity index (χ2n) is 10.5. The Morgan fingerprint density at radius 2 is 1.26 bits per heavy atom. The van der Waals surface area contributed by atoms with Crippen LogP contribution in [0.3, 0.4) is 0 Å². The Morgan fingerprint density at radius 3 is 1.74 bits per heavy atom. The molecular formula is C26H57NO5PS+. The van der Waals surface area contributed by atoms with Crippen molar-refractivity contribution in [3.8, 4) is 0 Å². The summed E-state index contributed by atoms with van der Waals surface area (Å²) in [6.45, 7) is 3.28. The lowest BCUT2D eigenvalue weighted by molar-refractivity contribution is -0.870. The van der Waals surface area contributed by atoms with Crippen LogP contribution >= 0.6 is 19.6 Å². The molecule has 0 aromatic rings. The van der Waals surface area contributed by atoms with E-state index < -0.39 is 7.82 Å². The monoisotopic (exact) mass is 526 g/mol. The largest absolute Gasteiger partial charge is 0.472 e. The van der Waals surface area contributed by atoms with Gasteiger partial charge in [0.05, 0.1) is 33.9 Å². The number of quaternary nitrogens is 1. The summed E-state index contributed by atoms with van der Waals surface area (Å²) in [5.41, 5.74) is 0. The zero-order valence-electron chi connectivity index (χ0n) is 23.1. The van der Waals surface area contributed by atoms with E-state index in [9.17, 15) is 9.46 Å². The summed E-state index contributed by atoms with van der Waals surface area (Å²) in [7, 11) is 3.72. The number of hydrogen-bond acceptors (Lipinski definition) is 5. The first-order valence-electron chi connectivity index (χ1n) is 13.7. The molecule has 0 rings (SSSR count). The fourth-order valence-electron chi connectivity index (χ4n) is 3.65. The highest BCUT2D eigenvalue weighted by Gasteiger charge is 2.23. The Labute approximate surface area is 216 Å². The fraction of sp³-hybridized carbons (Fsp3) is 1.00. The number of nitrogens with zero attached hydrogens (tertiary/aromatic N) is 1. The Kier molecular flexibility index (Phi) is 22.8. The zero-order valence-corrected chi connectivity index (χ0v) is 24.8. The number of hydrogen-bond donors (Lipinski definition) is 1. The number of phosphoric acid groups is 1. The van der Waals surface area contributed by atoms with Crippen LogP contribution in [0.1, 0.15) is 103 Å². The van der Waals surface area contributed by atoms with Gasteiger partial charge in [-0.1, -0.05) is 90.4 Å². The molecule has 0 aliphatic carbocycles. The zero-order chi connectivity index (χ0) is 25.5. The van der Waals surface area contributed by atoms with Gasteiger partial charge in [0.2, 0.25) is 0 Å². The van der Waals surface area contributed by atoms with Gasteiger partial charge in [0.25, 0.3) is 0 Å². The van der Waals surface area contributed by atoms with Crippen LogP contribution in [0.25, 0.3) is 0 Å². The van der Waals surface area contributed by atoms with Crippen molar-refractivity contribution in [3.05, 3.63) is 0 Å². The first-order chi connectivity index (χ1) is 16.2. The van der Waals surface area contributed by atoms with Gasteiger partial charge in [-0.15, -0.1) is 0 Å². The third-order valence-electron chi connectivity index (χ3n) is 5.99. The molecule has 1 N–H and O–H groups in total. The number of thioether (sulfide) groups is 1. The molecular weight excluding hydrogens is 469 g/mol. The van der Waals surface area contributed by atoms with Gasteiger partial charge in [0, 0.05) is 12.9 Å². The van der Waals surface area contributed by atoms with Crippen LogP contribution in [-0.2, 0) is 18.3 Å². The minimum Gasteiger partial charge on any atom is -0.381 e. The molecule has 0 aromatic heterocycles. The molecule has 0 radical (unpaired) electrons. The van der Waals surface area contributed by atoms with Crippen LogP contribution in [0, 0.1) is 0 Å². The van der Waals surface area contributed by atoms with E-state index >= 15 is 0 Å². The Balaban J connectivity index is 3.52. The van der Waals surface area contributed by atoms with E-state index in [1.807, 2.05) is 32.9 Å². The van der Waals surface area contributed by atoms with Crippen molar-refractivity contribution in [3.63, 3.8) is 0 Å². The molecule has 6 nitrogen and oxygen atoms in total. The van der Waals surface area contributed by atoms with Gasteiger partial charge in [-0.25, -0.2) is 4.57 Å². The van der Waals surface area contributed by atoms with Gasteiger partial charge >= 0.3 is 7.82 Å². The molecule has 206 valence electrons. The average Bonchev–Trinajstić information content (AvgIpc) is 2.76. The van der Waals surface area contributed by atoms with Gasteiger partial charge < -0.3 is 14.1 Å². The number of phosphoric ester groups is 1. The molecule has 2 atom stereocenters. The summed E-state index contributed by atoms with van der Waals surface area (Å²) in [6, 6.07) is 0. The van der Waals surface area contributed by atoms with E-state index in [1.54, 1.807) is 7.11 Å². The number of methoxy groups -OCH3 is 1. The quantitative estimate of drug-likeness (QED) is 0.0717. The minimum absolute atomic E-state index is 0.0305. The molecule has 1 unspecified atom stereocenters. The van der Waals surface area contributed by atoms with Crippen molar-refractivity contribution in [2.75, 3.05) is 59.5 Å². The minimum atomic E-state index is -3.98. The van der Waals surface area contributed by atoms with Gasteiger partial charge in [-0.3, -0.25) is 9.05 Å². The number of rotatable bonds is 26. The van der Waals surface area contributed by atoms with Crippen molar-refractivity contribution in [2.24, 2.45) is 0 Å². The topological polar surface area (TPSA) is 65.0 Å². The summed E-state index contributed by atoms with van der Waals surface area (Å²) >= 11 is 1.90. The maximum atomic E-state index is 11.9. The summed E-state index contributed by atoms with van der Waals surface area (Å²) in [6.07, 6.45) is 20.0. The predicted molar refractivity (Wildman–Crippen MR) is 148 cm³/mol. The van der Waals surface area contributed by atoms with Crippen LogP contribution in [0.5, 0.6) is 0 Å². The van der Waals surface area contributed by atoms with E-state index in [2.05, 4.69) is 6.92 Å². The van der Waals surface area contributed by atoms with E-state index in [0.717, 1.165) is 11.5 Å². The van der Waals surface area contributed by atoms with Gasteiger partial charge in [-0.05, 0) is 18.6 Å². The molecule has 0 aliphatic rings. The predicted octanol–water partition coefficient (Wildman–Crippen LogP) is 7.45. The molecule has 0 fully saturated rings. The van der Waals surface area contributed by atoms with Crippen molar-refractivity contribution >= 4 is 19.6 Å². The first kappa shape index (κ1) is 34.4. The molecule has 0 spiro atoms. The van der Waals surface area contributed by atoms with Crippen LogP contribution in [0.15, 0.2) is 0 Å². The summed E-state index contributed by atoms with van der Waals surface area (Å²) in [4.78, 5) is 9.78. The van der Waals surface area contributed by atoms with Gasteiger partial charge in [-0.2, -0.15) is 11.8 Å². The number of unbranched alkanes of at least 4 members (excludes halogenated alkanes) is 13. The number of ether oxygens (including phenoxy) is 1. The highest BCUT2D eigenvalue weighted by Crippen LogP contribution is 2.43. The summed E-state index contributed by atoms with van der Waals surface area (Å²) in [5, 5.41) is 0. The second kappa shape index (κ2) is 22.6. The van der Waals surface area contributed by atoms with Crippen LogP contribution < -0.4 is 0 Å². The van der Waals surface area contributed by atoms with E-state index in [-0.39, 0.29) is 19.3 Å². The fourth-order valence-corrected chi connectivity index (χ4v) is 5.51. The van der Waals surface area contributed by atoms with Crippen LogP contribution in [-0.4, -0.2) is 75.0 Å². The van der Waals surface area contributed by atoms with Crippen molar-refractivity contribution in [1.82, 2.24) is 0 Å². The number of likely N-dealkylation sites (N-methyl/N-ethyl adjacent to an activating group) is 1. The lowest BCUT2D eigenvalue weighted by Crippen LogP contribution is -2.37. The smallest absolute Gasteiger partial charge is 0.381 e. The molecule has 0 heterocycles. The average molecular weight is 527 g/mol. The molecule has 34 heavy (non-hydrogen) atoms. The molecule has 0 aliphatic heterocycles. The Morgan fingerprint density at radius 1 is 0.794 bits per heavy atom. The van der Waals surface area contributed by atoms with E-state index in [4.69, 9.17) is 13.8 Å². The second-order valence-corrected chi connectivity index (χ2v) is 13.1. The van der Waals surface area contributed by atoms with Gasteiger partial charge in [0.15, 0.2) is 0 Å². The molecule has 0 amide bonds. The van der Waals surface area contributed by atoms with Crippen molar-refractivity contribution < 1.29 is 27.7 Å². The van der Waals surface area contributed by atoms with Crippen LogP contribution in [0.4, 0.5) is 0 Å². The summed E-state index contributed by atoms with van der Waals surface area (Å²) in [5.74, 6) is 2.03. The standard InChI is InChI=1S/C26H56NO5PS/c1-6-7-8-9-10-11-12-13-14-15-16-17-18-19-24-34-25-26(30-5)20-22-31-33(28,29)32-23-21-27(2,3)4/h26H,6-25H2,1-5H3/p+1/t26-/m1/s1. The van der Waals surface area contributed by atoms with Crippen molar-refractivity contribution in [2.45, 2.75) is 109 Å². The third kappa shape index (κ3) is 25.5. The molecule has 8 heteroatoms. The normalized spacial score (nSPS) is 14.9. The highest BCUT2D eigenvalue weighted by atomic mass is 32.2. The Bertz CT molecular complexity index is 490. The maximum Gasteiger partial charge on any atom is 0.472 e. The maximum absolute atomic E-state index is 11.9. The Hall–Kier alpha value is 0.380. The molecule has 0 saturated heterocycles. The third-order valence-corrected chi connectivity index (χ3v) is 8.19. The molecule has 0 aromatic carbocycles. The van der Waals surface area contributed by atoms with Crippen molar-refractivity contribution in [1.29, 1.82) is 0 Å². The van der Waals surface area contributed by atoms with E-state index in [0.29, 0.717) is 17.4 Å². The first-order valence-corrected chi connectivity index (χ1v) is 16.4.